The zero-order chi connectivity index (χ0) is 23.9. The summed E-state index contributed by atoms with van der Waals surface area (Å²) in [6, 6.07) is -4.13. The standard InChI is InChI=1S/C20H35N5O6/c1-10(2)8-13(19(29)25-7-5-6-14(25)20(30)31)24-17(27)12(9-15(21)26)23-18(28)16(22)11(3)4/h10-14,16H,5-9,22H2,1-4H3,(H2,21,26)(H,23,28)(H,24,27)(H,30,31). The molecular formula is C20H35N5O6. The molecule has 0 bridgehead atoms. The molecule has 1 saturated heterocycles. The molecule has 1 fully saturated rings. The van der Waals surface area contributed by atoms with Crippen molar-refractivity contribution >= 4 is 29.6 Å². The van der Waals surface area contributed by atoms with E-state index in [1.54, 1.807) is 13.8 Å². The maximum absolute atomic E-state index is 13.0. The van der Waals surface area contributed by atoms with Crippen LogP contribution >= 0.6 is 0 Å². The van der Waals surface area contributed by atoms with E-state index in [1.807, 2.05) is 13.8 Å². The van der Waals surface area contributed by atoms with Gasteiger partial charge in [-0.2, -0.15) is 0 Å². The summed E-state index contributed by atoms with van der Waals surface area (Å²) in [4.78, 5) is 62.4. The van der Waals surface area contributed by atoms with Crippen molar-refractivity contribution < 1.29 is 29.1 Å². The van der Waals surface area contributed by atoms with Crippen LogP contribution in [0.2, 0.25) is 0 Å². The van der Waals surface area contributed by atoms with Crippen LogP contribution in [0.4, 0.5) is 0 Å². The number of carbonyl (C=O) groups is 5. The highest BCUT2D eigenvalue weighted by molar-refractivity contribution is 5.96. The Morgan fingerprint density at radius 2 is 1.61 bits per heavy atom. The number of likely N-dealkylation sites (tertiary alicyclic amines) is 1. The van der Waals surface area contributed by atoms with Crippen LogP contribution in [0.25, 0.3) is 0 Å². The summed E-state index contributed by atoms with van der Waals surface area (Å²) in [5.74, 6) is -3.97. The summed E-state index contributed by atoms with van der Waals surface area (Å²) in [6.07, 6.45) is 0.692. The van der Waals surface area contributed by atoms with E-state index in [1.165, 1.54) is 4.90 Å². The van der Waals surface area contributed by atoms with Crippen molar-refractivity contribution in [3.05, 3.63) is 0 Å². The van der Waals surface area contributed by atoms with Crippen LogP contribution in [0.3, 0.4) is 0 Å². The molecule has 1 aliphatic rings. The van der Waals surface area contributed by atoms with Gasteiger partial charge in [-0.15, -0.1) is 0 Å². The maximum Gasteiger partial charge on any atom is 0.326 e. The van der Waals surface area contributed by atoms with Crippen molar-refractivity contribution in [3.63, 3.8) is 0 Å². The highest BCUT2D eigenvalue weighted by Gasteiger charge is 2.38. The molecule has 4 amide bonds. The molecule has 11 nitrogen and oxygen atoms in total. The summed E-state index contributed by atoms with van der Waals surface area (Å²) in [6.45, 7) is 7.47. The average molecular weight is 442 g/mol. The molecular weight excluding hydrogens is 406 g/mol. The van der Waals surface area contributed by atoms with Gasteiger partial charge in [0.2, 0.25) is 23.6 Å². The Labute approximate surface area is 182 Å². The van der Waals surface area contributed by atoms with Crippen molar-refractivity contribution in [2.75, 3.05) is 6.54 Å². The molecule has 0 saturated carbocycles. The lowest BCUT2D eigenvalue weighted by molar-refractivity contribution is -0.149. The summed E-state index contributed by atoms with van der Waals surface area (Å²) < 4.78 is 0. The van der Waals surface area contributed by atoms with E-state index >= 15 is 0 Å². The first-order valence-corrected chi connectivity index (χ1v) is 10.5. The fraction of sp³-hybridized carbons (Fsp3) is 0.750. The molecule has 0 aromatic heterocycles. The van der Waals surface area contributed by atoms with Crippen molar-refractivity contribution in [1.82, 2.24) is 15.5 Å². The maximum atomic E-state index is 13.0. The van der Waals surface area contributed by atoms with Crippen LogP contribution in [0, 0.1) is 11.8 Å². The number of carboxylic acid groups (broad SMARTS) is 1. The molecule has 4 unspecified atom stereocenters. The number of nitrogens with two attached hydrogens (primary N) is 2. The van der Waals surface area contributed by atoms with Gasteiger partial charge in [0.25, 0.3) is 0 Å². The number of hydrogen-bond acceptors (Lipinski definition) is 6. The third-order valence-corrected chi connectivity index (χ3v) is 5.20. The minimum absolute atomic E-state index is 0.0127. The fourth-order valence-corrected chi connectivity index (χ4v) is 3.43. The van der Waals surface area contributed by atoms with E-state index in [9.17, 15) is 29.1 Å². The van der Waals surface area contributed by atoms with Crippen molar-refractivity contribution in [2.45, 2.75) is 77.5 Å². The number of nitrogens with one attached hydrogen (secondary N) is 2. The Morgan fingerprint density at radius 3 is 2.10 bits per heavy atom. The summed E-state index contributed by atoms with van der Waals surface area (Å²) in [5, 5.41) is 14.4. The predicted molar refractivity (Wildman–Crippen MR) is 112 cm³/mol. The summed E-state index contributed by atoms with van der Waals surface area (Å²) in [5.41, 5.74) is 11.0. The quantitative estimate of drug-likeness (QED) is 0.270. The van der Waals surface area contributed by atoms with Gasteiger partial charge in [0.15, 0.2) is 0 Å². The number of nitrogens with zero attached hydrogens (tertiary/aromatic N) is 1. The van der Waals surface area contributed by atoms with E-state index in [2.05, 4.69) is 10.6 Å². The first-order chi connectivity index (χ1) is 14.3. The topological polar surface area (TPSA) is 185 Å². The van der Waals surface area contributed by atoms with Gasteiger partial charge in [0, 0.05) is 6.54 Å². The Bertz CT molecular complexity index is 696. The van der Waals surface area contributed by atoms with Gasteiger partial charge in [-0.1, -0.05) is 27.7 Å². The molecule has 4 atom stereocenters. The fourth-order valence-electron chi connectivity index (χ4n) is 3.43. The lowest BCUT2D eigenvalue weighted by atomic mass is 10.0. The number of carbonyl (C=O) groups excluding carboxylic acids is 4. The third kappa shape index (κ3) is 7.82. The molecule has 31 heavy (non-hydrogen) atoms. The average Bonchev–Trinajstić information content (AvgIpc) is 3.14. The summed E-state index contributed by atoms with van der Waals surface area (Å²) >= 11 is 0. The normalized spacial score (nSPS) is 19.1. The largest absolute Gasteiger partial charge is 0.480 e. The minimum atomic E-state index is -1.30. The molecule has 1 rings (SSSR count). The smallest absolute Gasteiger partial charge is 0.326 e. The van der Waals surface area contributed by atoms with Gasteiger partial charge < -0.3 is 32.1 Å². The van der Waals surface area contributed by atoms with Crippen molar-refractivity contribution in [1.29, 1.82) is 0 Å². The van der Waals surface area contributed by atoms with E-state index in [0.29, 0.717) is 12.8 Å². The monoisotopic (exact) mass is 441 g/mol. The molecule has 0 aromatic rings. The van der Waals surface area contributed by atoms with Crippen molar-refractivity contribution in [3.8, 4) is 0 Å². The van der Waals surface area contributed by atoms with Gasteiger partial charge in [-0.05, 0) is 31.1 Å². The van der Waals surface area contributed by atoms with Crippen LogP contribution < -0.4 is 22.1 Å². The van der Waals surface area contributed by atoms with E-state index in [0.717, 1.165) is 0 Å². The molecule has 0 aliphatic carbocycles. The second kappa shape index (κ2) is 11.6. The van der Waals surface area contributed by atoms with Gasteiger partial charge >= 0.3 is 5.97 Å². The number of aliphatic carboxylic acids is 1. The molecule has 176 valence electrons. The van der Waals surface area contributed by atoms with E-state index in [-0.39, 0.29) is 24.8 Å². The first-order valence-electron chi connectivity index (χ1n) is 10.5. The molecule has 11 heteroatoms. The molecule has 1 aliphatic heterocycles. The van der Waals surface area contributed by atoms with Crippen LogP contribution in [0.1, 0.15) is 53.4 Å². The highest BCUT2D eigenvalue weighted by Crippen LogP contribution is 2.20. The second-order valence-corrected chi connectivity index (χ2v) is 8.72. The van der Waals surface area contributed by atoms with Crippen LogP contribution in [0.5, 0.6) is 0 Å². The van der Waals surface area contributed by atoms with Crippen LogP contribution in [-0.4, -0.2) is 70.3 Å². The predicted octanol–water partition coefficient (Wildman–Crippen LogP) is -1.06. The highest BCUT2D eigenvalue weighted by atomic mass is 16.4. The number of primary amides is 1. The zero-order valence-electron chi connectivity index (χ0n) is 18.6. The Morgan fingerprint density at radius 1 is 1.03 bits per heavy atom. The number of hydrogen-bond donors (Lipinski definition) is 5. The lowest BCUT2D eigenvalue weighted by Crippen LogP contribution is -2.58. The molecule has 0 radical (unpaired) electrons. The Kier molecular flexibility index (Phi) is 9.89. The SMILES string of the molecule is CC(C)CC(NC(=O)C(CC(N)=O)NC(=O)C(N)C(C)C)C(=O)N1CCCC1C(=O)O. The van der Waals surface area contributed by atoms with E-state index in [4.69, 9.17) is 11.5 Å². The first kappa shape index (κ1) is 26.3. The number of rotatable bonds is 11. The molecule has 1 heterocycles. The van der Waals surface area contributed by atoms with Crippen LogP contribution in [-0.2, 0) is 24.0 Å². The zero-order valence-corrected chi connectivity index (χ0v) is 18.6. The van der Waals surface area contributed by atoms with E-state index < -0.39 is 60.2 Å². The number of carboxylic acids is 1. The molecule has 7 N–H and O–H groups in total. The summed E-state index contributed by atoms with van der Waals surface area (Å²) in [7, 11) is 0. The van der Waals surface area contributed by atoms with Gasteiger partial charge in [0.1, 0.15) is 18.1 Å². The Hall–Kier alpha value is -2.69. The van der Waals surface area contributed by atoms with Gasteiger partial charge in [0.05, 0.1) is 12.5 Å². The Balaban J connectivity index is 3.02. The third-order valence-electron chi connectivity index (χ3n) is 5.20. The molecule has 0 aromatic carbocycles. The second-order valence-electron chi connectivity index (χ2n) is 8.72. The molecule has 0 spiro atoms. The van der Waals surface area contributed by atoms with Crippen LogP contribution in [0.15, 0.2) is 0 Å². The number of amides is 4. The lowest BCUT2D eigenvalue weighted by Gasteiger charge is -2.29. The van der Waals surface area contributed by atoms with Crippen molar-refractivity contribution in [2.24, 2.45) is 23.3 Å². The minimum Gasteiger partial charge on any atom is -0.480 e. The van der Waals surface area contributed by atoms with Gasteiger partial charge in [-0.25, -0.2) is 4.79 Å². The van der Waals surface area contributed by atoms with Gasteiger partial charge in [-0.3, -0.25) is 19.2 Å².